The maximum absolute atomic E-state index is 13.5. The Balaban J connectivity index is 1.31. The van der Waals surface area contributed by atoms with Crippen molar-refractivity contribution in [3.8, 4) is 11.5 Å². The summed E-state index contributed by atoms with van der Waals surface area (Å²) in [6, 6.07) is 19.9. The second kappa shape index (κ2) is 10.5. The zero-order chi connectivity index (χ0) is 26.9. The molecule has 0 radical (unpaired) electrons. The lowest BCUT2D eigenvalue weighted by atomic mass is 10.1. The number of hydrogen-bond acceptors (Lipinski definition) is 9. The molecule has 4 heterocycles. The van der Waals surface area contributed by atoms with Crippen molar-refractivity contribution >= 4 is 51.7 Å². The second-order valence-electron chi connectivity index (χ2n) is 8.87. The van der Waals surface area contributed by atoms with Crippen molar-refractivity contribution in [3.63, 3.8) is 0 Å². The molecule has 196 valence electrons. The number of hydrogen-bond donors (Lipinski definition) is 2. The van der Waals surface area contributed by atoms with Crippen molar-refractivity contribution in [2.45, 2.75) is 12.6 Å². The first-order valence-corrected chi connectivity index (χ1v) is 13.3. The number of anilines is 1. The third-order valence-electron chi connectivity index (χ3n) is 6.34. The predicted octanol–water partition coefficient (Wildman–Crippen LogP) is 3.97. The smallest absolute Gasteiger partial charge is 0.267 e. The van der Waals surface area contributed by atoms with Crippen LogP contribution in [-0.4, -0.2) is 43.0 Å². The van der Waals surface area contributed by atoms with Crippen molar-refractivity contribution < 1.29 is 19.4 Å². The Kier molecular flexibility index (Phi) is 6.77. The van der Waals surface area contributed by atoms with E-state index in [1.54, 1.807) is 30.5 Å². The first kappa shape index (κ1) is 25.1. The minimum atomic E-state index is -0.824. The Morgan fingerprint density at radius 3 is 2.72 bits per heavy atom. The summed E-state index contributed by atoms with van der Waals surface area (Å²) in [6.07, 6.45) is 2.32. The molecule has 11 heteroatoms. The van der Waals surface area contributed by atoms with Crippen molar-refractivity contribution in [1.29, 1.82) is 0 Å². The quantitative estimate of drug-likeness (QED) is 0.258. The number of thioether (sulfide) groups is 1. The lowest BCUT2D eigenvalue weighted by Crippen LogP contribution is -2.27. The summed E-state index contributed by atoms with van der Waals surface area (Å²) in [5.41, 5.74) is 1.85. The van der Waals surface area contributed by atoms with Gasteiger partial charge < -0.3 is 19.9 Å². The molecule has 2 aromatic carbocycles. The van der Waals surface area contributed by atoms with Crippen LogP contribution in [-0.2, 0) is 11.3 Å². The van der Waals surface area contributed by atoms with Crippen LogP contribution in [0.4, 0.5) is 5.82 Å². The lowest BCUT2D eigenvalue weighted by Gasteiger charge is -2.15. The summed E-state index contributed by atoms with van der Waals surface area (Å²) < 4.78 is 12.6. The van der Waals surface area contributed by atoms with Crippen LogP contribution in [0.15, 0.2) is 82.6 Å². The van der Waals surface area contributed by atoms with E-state index in [0.29, 0.717) is 26.4 Å². The molecule has 0 aliphatic carbocycles. The van der Waals surface area contributed by atoms with Gasteiger partial charge in [-0.2, -0.15) is 0 Å². The van der Waals surface area contributed by atoms with Gasteiger partial charge in [-0.3, -0.25) is 18.9 Å². The number of aliphatic hydroxyl groups excluding tert-OH is 1. The summed E-state index contributed by atoms with van der Waals surface area (Å²) in [4.78, 5) is 33.3. The molecule has 1 fully saturated rings. The van der Waals surface area contributed by atoms with Crippen LogP contribution in [0.5, 0.6) is 11.5 Å². The fourth-order valence-electron chi connectivity index (χ4n) is 4.34. The minimum absolute atomic E-state index is 0.116. The molecule has 1 amide bonds. The number of carbonyl (C=O) groups is 1. The molecular formula is C28H22N4O5S2. The van der Waals surface area contributed by atoms with Gasteiger partial charge in [-0.05, 0) is 41.5 Å². The number of thiocarbonyl (C=S) groups is 1. The van der Waals surface area contributed by atoms with Crippen LogP contribution < -0.4 is 20.3 Å². The van der Waals surface area contributed by atoms with E-state index in [-0.39, 0.29) is 42.7 Å². The van der Waals surface area contributed by atoms with E-state index in [4.69, 9.17) is 21.7 Å². The average molecular weight is 559 g/mol. The monoisotopic (exact) mass is 558 g/mol. The second-order valence-corrected chi connectivity index (χ2v) is 10.5. The van der Waals surface area contributed by atoms with E-state index in [1.807, 2.05) is 42.5 Å². The number of rotatable bonds is 7. The molecule has 0 saturated carbocycles. The van der Waals surface area contributed by atoms with Crippen LogP contribution in [0.3, 0.4) is 0 Å². The Labute approximate surface area is 232 Å². The molecule has 39 heavy (non-hydrogen) atoms. The third-order valence-corrected chi connectivity index (χ3v) is 7.72. The number of aliphatic hydroxyl groups is 1. The molecular weight excluding hydrogens is 536 g/mol. The molecule has 0 spiro atoms. The van der Waals surface area contributed by atoms with Gasteiger partial charge in [-0.15, -0.1) is 0 Å². The molecule has 1 saturated heterocycles. The highest BCUT2D eigenvalue weighted by molar-refractivity contribution is 8.26. The Morgan fingerprint density at radius 1 is 1.08 bits per heavy atom. The van der Waals surface area contributed by atoms with Gasteiger partial charge in [0.25, 0.3) is 11.5 Å². The maximum Gasteiger partial charge on any atom is 0.267 e. The molecule has 6 rings (SSSR count). The van der Waals surface area contributed by atoms with Crippen LogP contribution >= 0.6 is 24.0 Å². The number of ether oxygens (including phenoxy) is 2. The number of nitrogens with zero attached hydrogens (tertiary/aromatic N) is 3. The first-order chi connectivity index (χ1) is 19.0. The molecule has 2 aromatic heterocycles. The third kappa shape index (κ3) is 4.99. The fraction of sp³-hybridized carbons (Fsp3) is 0.143. The summed E-state index contributed by atoms with van der Waals surface area (Å²) in [6.45, 7) is 0.532. The summed E-state index contributed by atoms with van der Waals surface area (Å²) in [7, 11) is 0. The molecule has 4 aromatic rings. The van der Waals surface area contributed by atoms with Gasteiger partial charge in [0.05, 0.1) is 23.1 Å². The van der Waals surface area contributed by atoms with E-state index in [2.05, 4.69) is 10.3 Å². The summed E-state index contributed by atoms with van der Waals surface area (Å²) in [5.74, 6) is 1.24. The van der Waals surface area contributed by atoms with E-state index in [0.717, 1.165) is 22.9 Å². The number of benzene rings is 2. The number of fused-ring (bicyclic) bond motifs is 2. The van der Waals surface area contributed by atoms with E-state index in [1.165, 1.54) is 15.4 Å². The molecule has 2 aliphatic rings. The molecule has 9 nitrogen and oxygen atoms in total. The van der Waals surface area contributed by atoms with Crippen LogP contribution in [0, 0.1) is 0 Å². The first-order valence-electron chi connectivity index (χ1n) is 12.1. The number of amides is 1. The molecule has 1 atom stereocenters. The molecule has 2 aliphatic heterocycles. The zero-order valence-corrected chi connectivity index (χ0v) is 22.1. The standard InChI is InChI=1S/C28H22N4O5S2/c33-20(18-6-2-1-3-7-18)14-29-25-19(26(34)31-11-5-4-8-24(31)30-25)13-23-27(35)32(28(38)39-23)15-17-9-10-21-22(12-17)37-16-36-21/h1-13,20,29,33H,14-16H2. The van der Waals surface area contributed by atoms with E-state index < -0.39 is 6.10 Å². The number of aromatic nitrogens is 2. The Bertz CT molecular complexity index is 1690. The fourth-order valence-corrected chi connectivity index (χ4v) is 5.58. The van der Waals surface area contributed by atoms with Gasteiger partial charge in [-0.25, -0.2) is 4.98 Å². The Hall–Kier alpha value is -4.19. The number of carbonyl (C=O) groups excluding carboxylic acids is 1. The van der Waals surface area contributed by atoms with Gasteiger partial charge in [0.1, 0.15) is 15.8 Å². The van der Waals surface area contributed by atoms with E-state index >= 15 is 0 Å². The average Bonchev–Trinajstić information content (AvgIpc) is 3.53. The predicted molar refractivity (Wildman–Crippen MR) is 153 cm³/mol. The lowest BCUT2D eigenvalue weighted by molar-refractivity contribution is -0.122. The van der Waals surface area contributed by atoms with Crippen LogP contribution in [0.25, 0.3) is 11.7 Å². The number of pyridine rings is 1. The van der Waals surface area contributed by atoms with Gasteiger partial charge in [0, 0.05) is 12.7 Å². The number of nitrogens with one attached hydrogen (secondary N) is 1. The van der Waals surface area contributed by atoms with Crippen LogP contribution in [0.1, 0.15) is 22.8 Å². The van der Waals surface area contributed by atoms with Gasteiger partial charge in [0.2, 0.25) is 6.79 Å². The largest absolute Gasteiger partial charge is 0.454 e. The highest BCUT2D eigenvalue weighted by atomic mass is 32.2. The maximum atomic E-state index is 13.5. The van der Waals surface area contributed by atoms with Crippen molar-refractivity contribution in [3.05, 3.63) is 105 Å². The van der Waals surface area contributed by atoms with E-state index in [9.17, 15) is 14.7 Å². The minimum Gasteiger partial charge on any atom is -0.454 e. The van der Waals surface area contributed by atoms with Crippen molar-refractivity contribution in [2.24, 2.45) is 0 Å². The van der Waals surface area contributed by atoms with Gasteiger partial charge >= 0.3 is 0 Å². The van der Waals surface area contributed by atoms with Gasteiger partial charge in [0.15, 0.2) is 11.5 Å². The highest BCUT2D eigenvalue weighted by Gasteiger charge is 2.33. The SMILES string of the molecule is O=C1C(=Cc2c(NCC(O)c3ccccc3)nc3ccccn3c2=O)SC(=S)N1Cc1ccc2c(c1)OCO2. The topological polar surface area (TPSA) is 105 Å². The van der Waals surface area contributed by atoms with Crippen LogP contribution in [0.2, 0.25) is 0 Å². The van der Waals surface area contributed by atoms with Crippen molar-refractivity contribution in [1.82, 2.24) is 14.3 Å². The molecule has 2 N–H and O–H groups in total. The molecule has 0 bridgehead atoms. The summed E-state index contributed by atoms with van der Waals surface area (Å²) >= 11 is 6.64. The van der Waals surface area contributed by atoms with Crippen molar-refractivity contribution in [2.75, 3.05) is 18.7 Å². The molecule has 1 unspecified atom stereocenters. The zero-order valence-electron chi connectivity index (χ0n) is 20.4. The normalized spacial score (nSPS) is 16.3. The highest BCUT2D eigenvalue weighted by Crippen LogP contribution is 2.36. The summed E-state index contributed by atoms with van der Waals surface area (Å²) in [5, 5.41) is 13.8. The van der Waals surface area contributed by atoms with Gasteiger partial charge in [-0.1, -0.05) is 66.4 Å². The Morgan fingerprint density at radius 2 is 1.87 bits per heavy atom.